The van der Waals surface area contributed by atoms with Gasteiger partial charge in [-0.2, -0.15) is 0 Å². The summed E-state index contributed by atoms with van der Waals surface area (Å²) in [5.41, 5.74) is 2.33. The molecule has 0 unspecified atom stereocenters. The molecule has 0 fully saturated rings. The summed E-state index contributed by atoms with van der Waals surface area (Å²) in [7, 11) is 0. The Bertz CT molecular complexity index is 658. The molecule has 104 valence electrons. The van der Waals surface area contributed by atoms with E-state index in [1.54, 1.807) is 12.1 Å². The van der Waals surface area contributed by atoms with Crippen molar-refractivity contribution in [3.63, 3.8) is 0 Å². The zero-order chi connectivity index (χ0) is 14.7. The van der Waals surface area contributed by atoms with E-state index >= 15 is 0 Å². The highest BCUT2D eigenvalue weighted by atomic mass is 79.9. The number of rotatable bonds is 3. The first kappa shape index (κ1) is 15.2. The van der Waals surface area contributed by atoms with Crippen molar-refractivity contribution in [2.45, 2.75) is 13.5 Å². The molecule has 5 heteroatoms. The van der Waals surface area contributed by atoms with Gasteiger partial charge in [0.25, 0.3) is 5.91 Å². The van der Waals surface area contributed by atoms with Crippen molar-refractivity contribution >= 4 is 37.8 Å². The zero-order valence-electron chi connectivity index (χ0n) is 10.7. The lowest BCUT2D eigenvalue weighted by molar-refractivity contribution is 0.0950. The van der Waals surface area contributed by atoms with Crippen LogP contribution in [0.25, 0.3) is 0 Å². The maximum Gasteiger partial charge on any atom is 0.252 e. The summed E-state index contributed by atoms with van der Waals surface area (Å²) in [6.45, 7) is 2.22. The standard InChI is InChI=1S/C15H12Br2FNO/c1-9-2-4-12(14(17)6-9)15(20)19-8-10-7-11(18)3-5-13(10)16/h2-7H,8H2,1H3,(H,19,20). The Balaban J connectivity index is 2.10. The highest BCUT2D eigenvalue weighted by Crippen LogP contribution is 2.20. The number of benzene rings is 2. The predicted molar refractivity (Wildman–Crippen MR) is 84.1 cm³/mol. The van der Waals surface area contributed by atoms with Crippen LogP contribution in [0, 0.1) is 12.7 Å². The number of carbonyl (C=O) groups is 1. The molecule has 1 N–H and O–H groups in total. The normalized spacial score (nSPS) is 10.4. The summed E-state index contributed by atoms with van der Waals surface area (Å²) < 4.78 is 14.7. The third-order valence-corrected chi connectivity index (χ3v) is 4.25. The van der Waals surface area contributed by atoms with Crippen LogP contribution in [0.5, 0.6) is 0 Å². The summed E-state index contributed by atoms with van der Waals surface area (Å²) >= 11 is 6.70. The van der Waals surface area contributed by atoms with Crippen molar-refractivity contribution in [1.29, 1.82) is 0 Å². The van der Waals surface area contributed by atoms with Crippen LogP contribution in [0.3, 0.4) is 0 Å². The van der Waals surface area contributed by atoms with Gasteiger partial charge in [-0.05, 0) is 64.3 Å². The monoisotopic (exact) mass is 399 g/mol. The second kappa shape index (κ2) is 6.50. The summed E-state index contributed by atoms with van der Waals surface area (Å²) in [6, 6.07) is 9.90. The first-order chi connectivity index (χ1) is 9.47. The lowest BCUT2D eigenvalue weighted by atomic mass is 10.1. The van der Waals surface area contributed by atoms with Crippen LogP contribution >= 0.6 is 31.9 Å². The van der Waals surface area contributed by atoms with E-state index in [-0.39, 0.29) is 18.3 Å². The minimum Gasteiger partial charge on any atom is -0.348 e. The van der Waals surface area contributed by atoms with Crippen LogP contribution < -0.4 is 5.32 Å². The topological polar surface area (TPSA) is 29.1 Å². The average molecular weight is 401 g/mol. The molecule has 20 heavy (non-hydrogen) atoms. The van der Waals surface area contributed by atoms with Gasteiger partial charge in [0.05, 0.1) is 5.56 Å². The number of halogens is 3. The van der Waals surface area contributed by atoms with Crippen LogP contribution in [0.2, 0.25) is 0 Å². The van der Waals surface area contributed by atoms with Crippen molar-refractivity contribution in [3.8, 4) is 0 Å². The number of hydrogen-bond acceptors (Lipinski definition) is 1. The second-order valence-electron chi connectivity index (χ2n) is 4.40. The third kappa shape index (κ3) is 3.67. The smallest absolute Gasteiger partial charge is 0.252 e. The maximum atomic E-state index is 13.2. The first-order valence-corrected chi connectivity index (χ1v) is 7.54. The molecule has 1 amide bonds. The second-order valence-corrected chi connectivity index (χ2v) is 6.11. The van der Waals surface area contributed by atoms with Crippen molar-refractivity contribution in [2.75, 3.05) is 0 Å². The first-order valence-electron chi connectivity index (χ1n) is 5.95. The molecule has 0 bridgehead atoms. The van der Waals surface area contributed by atoms with Crippen molar-refractivity contribution in [1.82, 2.24) is 5.32 Å². The number of carbonyl (C=O) groups excluding carboxylic acids is 1. The number of nitrogens with one attached hydrogen (secondary N) is 1. The van der Waals surface area contributed by atoms with Gasteiger partial charge >= 0.3 is 0 Å². The van der Waals surface area contributed by atoms with Gasteiger partial charge in [0.15, 0.2) is 0 Å². The van der Waals surface area contributed by atoms with E-state index in [1.165, 1.54) is 12.1 Å². The number of hydrogen-bond donors (Lipinski definition) is 1. The average Bonchev–Trinajstić information content (AvgIpc) is 2.39. The molecule has 2 aromatic carbocycles. The van der Waals surface area contributed by atoms with Crippen LogP contribution in [0.1, 0.15) is 21.5 Å². The van der Waals surface area contributed by atoms with Crippen LogP contribution in [0.15, 0.2) is 45.3 Å². The van der Waals surface area contributed by atoms with Crippen molar-refractivity contribution in [2.24, 2.45) is 0 Å². The lowest BCUT2D eigenvalue weighted by Gasteiger charge is -2.09. The molecule has 0 saturated carbocycles. The molecule has 0 atom stereocenters. The highest BCUT2D eigenvalue weighted by molar-refractivity contribution is 9.10. The Morgan fingerprint density at radius 3 is 2.60 bits per heavy atom. The van der Waals surface area contributed by atoms with E-state index in [0.29, 0.717) is 11.1 Å². The Kier molecular flexibility index (Phi) is 4.94. The molecule has 0 heterocycles. The van der Waals surface area contributed by atoms with E-state index in [2.05, 4.69) is 37.2 Å². The molecule has 0 aromatic heterocycles. The Morgan fingerprint density at radius 2 is 1.90 bits per heavy atom. The summed E-state index contributed by atoms with van der Waals surface area (Å²) in [6.07, 6.45) is 0. The third-order valence-electron chi connectivity index (χ3n) is 2.82. The van der Waals surface area contributed by atoms with E-state index in [4.69, 9.17) is 0 Å². The van der Waals surface area contributed by atoms with Gasteiger partial charge in [-0.25, -0.2) is 4.39 Å². The van der Waals surface area contributed by atoms with Crippen LogP contribution in [0.4, 0.5) is 4.39 Å². The largest absolute Gasteiger partial charge is 0.348 e. The van der Waals surface area contributed by atoms with Crippen LogP contribution in [-0.4, -0.2) is 5.91 Å². The summed E-state index contributed by atoms with van der Waals surface area (Å²) in [4.78, 5) is 12.1. The molecule has 0 aliphatic carbocycles. The van der Waals surface area contributed by atoms with Gasteiger partial charge in [0.2, 0.25) is 0 Å². The minimum absolute atomic E-state index is 0.201. The number of aryl methyl sites for hydroxylation is 1. The molecule has 2 rings (SSSR count). The van der Waals surface area contributed by atoms with E-state index < -0.39 is 0 Å². The Labute approximate surface area is 133 Å². The summed E-state index contributed by atoms with van der Waals surface area (Å²) in [5, 5.41) is 2.78. The molecule has 0 aliphatic heterocycles. The molecule has 0 radical (unpaired) electrons. The molecular formula is C15H12Br2FNO. The van der Waals surface area contributed by atoms with Crippen molar-refractivity contribution < 1.29 is 9.18 Å². The summed E-state index contributed by atoms with van der Waals surface area (Å²) in [5.74, 6) is -0.526. The Morgan fingerprint density at radius 1 is 1.15 bits per heavy atom. The van der Waals surface area contributed by atoms with Gasteiger partial charge in [-0.3, -0.25) is 4.79 Å². The molecule has 0 aliphatic rings. The molecule has 2 aromatic rings. The molecule has 2 nitrogen and oxygen atoms in total. The molecule has 0 spiro atoms. The van der Waals surface area contributed by atoms with Gasteiger partial charge in [0.1, 0.15) is 5.82 Å². The maximum absolute atomic E-state index is 13.2. The van der Waals surface area contributed by atoms with Gasteiger partial charge in [0, 0.05) is 15.5 Å². The van der Waals surface area contributed by atoms with Gasteiger partial charge < -0.3 is 5.32 Å². The van der Waals surface area contributed by atoms with Gasteiger partial charge in [-0.15, -0.1) is 0 Å². The molecular weight excluding hydrogens is 389 g/mol. The minimum atomic E-state index is -0.325. The SMILES string of the molecule is Cc1ccc(C(=O)NCc2cc(F)ccc2Br)c(Br)c1. The van der Waals surface area contributed by atoms with E-state index in [0.717, 1.165) is 14.5 Å². The fourth-order valence-corrected chi connectivity index (χ4v) is 2.81. The van der Waals surface area contributed by atoms with Gasteiger partial charge in [-0.1, -0.05) is 22.0 Å². The van der Waals surface area contributed by atoms with E-state index in [1.807, 2.05) is 19.1 Å². The quantitative estimate of drug-likeness (QED) is 0.802. The van der Waals surface area contributed by atoms with Crippen molar-refractivity contribution in [3.05, 3.63) is 67.9 Å². The van der Waals surface area contributed by atoms with E-state index in [9.17, 15) is 9.18 Å². The Hall–Kier alpha value is -1.20. The fourth-order valence-electron chi connectivity index (χ4n) is 1.75. The highest BCUT2D eigenvalue weighted by Gasteiger charge is 2.10. The van der Waals surface area contributed by atoms with Crippen LogP contribution in [-0.2, 0) is 6.54 Å². The lowest BCUT2D eigenvalue weighted by Crippen LogP contribution is -2.23. The predicted octanol–water partition coefficient (Wildman–Crippen LogP) is 4.59. The fraction of sp³-hybridized carbons (Fsp3) is 0.133. The zero-order valence-corrected chi connectivity index (χ0v) is 13.9. The molecule has 0 saturated heterocycles. The number of amides is 1.